The van der Waals surface area contributed by atoms with Crippen LogP contribution >= 0.6 is 0 Å². The lowest BCUT2D eigenvalue weighted by Gasteiger charge is -2.20. The number of hydrogen-bond acceptors (Lipinski definition) is 4. The van der Waals surface area contributed by atoms with Crippen LogP contribution in [0.1, 0.15) is 22.3 Å². The third-order valence-corrected chi connectivity index (χ3v) is 5.65. The van der Waals surface area contributed by atoms with Gasteiger partial charge < -0.3 is 14.5 Å². The van der Waals surface area contributed by atoms with Gasteiger partial charge in [-0.3, -0.25) is 10.1 Å². The number of aromatic nitrogens is 1. The molecule has 1 atom stereocenters. The van der Waals surface area contributed by atoms with Gasteiger partial charge in [-0.25, -0.2) is 0 Å². The van der Waals surface area contributed by atoms with Crippen molar-refractivity contribution in [2.45, 2.75) is 31.8 Å². The highest BCUT2D eigenvalue weighted by atomic mass is 19.4. The molecule has 1 unspecified atom stereocenters. The molecule has 1 aromatic heterocycles. The minimum Gasteiger partial charge on any atom is -0.497 e. The first-order chi connectivity index (χ1) is 16.8. The molecule has 0 amide bonds. The number of alkyl halides is 3. The van der Waals surface area contributed by atoms with Crippen LogP contribution in [0.5, 0.6) is 5.75 Å². The molecule has 0 aliphatic carbocycles. The van der Waals surface area contributed by atoms with E-state index in [4.69, 9.17) is 9.47 Å². The number of carbonyl (C=O) groups excluding carboxylic acids is 1. The first-order valence-corrected chi connectivity index (χ1v) is 11.1. The monoisotopic (exact) mass is 482 g/mol. The van der Waals surface area contributed by atoms with Gasteiger partial charge >= 0.3 is 12.1 Å². The van der Waals surface area contributed by atoms with Gasteiger partial charge in [0, 0.05) is 30.1 Å². The molecule has 4 aromatic rings. The van der Waals surface area contributed by atoms with Gasteiger partial charge in [0.15, 0.2) is 6.23 Å². The molecule has 8 heteroatoms. The fourth-order valence-electron chi connectivity index (χ4n) is 3.85. The van der Waals surface area contributed by atoms with Gasteiger partial charge in [0.25, 0.3) is 0 Å². The summed E-state index contributed by atoms with van der Waals surface area (Å²) >= 11 is 0. The molecule has 0 radical (unpaired) electrons. The molecular formula is C27H25F3N2O3. The van der Waals surface area contributed by atoms with E-state index in [1.807, 2.05) is 36.4 Å². The normalized spacial score (nSPS) is 12.5. The zero-order valence-corrected chi connectivity index (χ0v) is 19.1. The summed E-state index contributed by atoms with van der Waals surface area (Å²) in [6.07, 6.45) is -2.99. The average molecular weight is 483 g/mol. The van der Waals surface area contributed by atoms with Crippen LogP contribution in [0, 0.1) is 0 Å². The quantitative estimate of drug-likeness (QED) is 0.239. The smallest absolute Gasteiger partial charge is 0.416 e. The summed E-state index contributed by atoms with van der Waals surface area (Å²) in [5.41, 5.74) is 2.33. The molecule has 0 bridgehead atoms. The maximum atomic E-state index is 13.1. The predicted octanol–water partition coefficient (Wildman–Crippen LogP) is 5.64. The molecule has 0 aliphatic heterocycles. The van der Waals surface area contributed by atoms with Crippen molar-refractivity contribution >= 4 is 16.9 Å². The Morgan fingerprint density at radius 2 is 1.77 bits per heavy atom. The van der Waals surface area contributed by atoms with E-state index in [1.54, 1.807) is 31.5 Å². The van der Waals surface area contributed by atoms with Crippen LogP contribution in [-0.2, 0) is 35.1 Å². The third-order valence-electron chi connectivity index (χ3n) is 5.65. The average Bonchev–Trinajstić information content (AvgIpc) is 3.25. The number of esters is 1. The van der Waals surface area contributed by atoms with Gasteiger partial charge in [-0.15, -0.1) is 0 Å². The Hall–Kier alpha value is -3.78. The fourth-order valence-corrected chi connectivity index (χ4v) is 3.85. The van der Waals surface area contributed by atoms with E-state index < -0.39 is 23.9 Å². The number of halogens is 3. The number of methoxy groups -OCH3 is 1. The van der Waals surface area contributed by atoms with Crippen molar-refractivity contribution in [1.82, 2.24) is 10.3 Å². The van der Waals surface area contributed by atoms with Gasteiger partial charge in [0.1, 0.15) is 5.75 Å². The maximum Gasteiger partial charge on any atom is 0.416 e. The van der Waals surface area contributed by atoms with E-state index in [9.17, 15) is 18.0 Å². The highest BCUT2D eigenvalue weighted by Crippen LogP contribution is 2.29. The van der Waals surface area contributed by atoms with Crippen LogP contribution in [0.3, 0.4) is 0 Å². The number of hydrogen-bond donors (Lipinski definition) is 2. The number of para-hydroxylation sites is 1. The van der Waals surface area contributed by atoms with Crippen molar-refractivity contribution in [2.24, 2.45) is 0 Å². The molecular weight excluding hydrogens is 457 g/mol. The second-order valence-electron chi connectivity index (χ2n) is 8.15. The van der Waals surface area contributed by atoms with E-state index in [2.05, 4.69) is 10.3 Å². The van der Waals surface area contributed by atoms with Crippen LogP contribution in [0.15, 0.2) is 79.0 Å². The molecule has 0 saturated heterocycles. The number of nitrogens with one attached hydrogen (secondary N) is 2. The second-order valence-corrected chi connectivity index (χ2v) is 8.15. The Morgan fingerprint density at radius 1 is 1.00 bits per heavy atom. The number of H-pyrrole nitrogens is 1. The number of rotatable bonds is 9. The van der Waals surface area contributed by atoms with Crippen LogP contribution in [0.25, 0.3) is 10.9 Å². The minimum atomic E-state index is -4.43. The first kappa shape index (κ1) is 24.3. The summed E-state index contributed by atoms with van der Waals surface area (Å²) in [6.45, 7) is 0.102. The van der Waals surface area contributed by atoms with Gasteiger partial charge in [0.05, 0.1) is 19.1 Å². The van der Waals surface area contributed by atoms with E-state index >= 15 is 0 Å². The van der Waals surface area contributed by atoms with Crippen LogP contribution < -0.4 is 10.1 Å². The molecule has 182 valence electrons. The van der Waals surface area contributed by atoms with Crippen molar-refractivity contribution in [3.63, 3.8) is 0 Å². The van der Waals surface area contributed by atoms with Gasteiger partial charge in [0.2, 0.25) is 0 Å². The molecule has 5 nitrogen and oxygen atoms in total. The lowest BCUT2D eigenvalue weighted by molar-refractivity contribution is -0.149. The van der Waals surface area contributed by atoms with Crippen molar-refractivity contribution < 1.29 is 27.4 Å². The summed E-state index contributed by atoms with van der Waals surface area (Å²) in [6, 6.07) is 20.0. The van der Waals surface area contributed by atoms with E-state index in [-0.39, 0.29) is 13.0 Å². The minimum absolute atomic E-state index is 0.0639. The molecule has 35 heavy (non-hydrogen) atoms. The molecule has 0 aliphatic rings. The molecule has 1 heterocycles. The van der Waals surface area contributed by atoms with Gasteiger partial charge in [-0.2, -0.15) is 13.2 Å². The predicted molar refractivity (Wildman–Crippen MR) is 127 cm³/mol. The highest BCUT2D eigenvalue weighted by Gasteiger charge is 2.30. The van der Waals surface area contributed by atoms with Crippen molar-refractivity contribution in [3.05, 3.63) is 101 Å². The van der Waals surface area contributed by atoms with E-state index in [0.29, 0.717) is 17.7 Å². The summed E-state index contributed by atoms with van der Waals surface area (Å²) in [5.74, 6) is 0.253. The van der Waals surface area contributed by atoms with Crippen LogP contribution in [0.4, 0.5) is 13.2 Å². The Bertz CT molecular complexity index is 1280. The number of aromatic amines is 1. The van der Waals surface area contributed by atoms with Crippen molar-refractivity contribution in [3.8, 4) is 5.75 Å². The second kappa shape index (κ2) is 10.7. The molecule has 0 saturated carbocycles. The first-order valence-electron chi connectivity index (χ1n) is 11.1. The standard InChI is InChI=1S/C27H25F3N2O3/c1-34-22-11-9-18(10-12-22)14-25(32-16-19-5-4-6-21(13-19)27(28,29)30)35-26(33)15-20-17-31-24-8-3-2-7-23(20)24/h2-13,17,25,31-32H,14-16H2,1H3. The number of fused-ring (bicyclic) bond motifs is 1. The van der Waals surface area contributed by atoms with Crippen LogP contribution in [0.2, 0.25) is 0 Å². The van der Waals surface area contributed by atoms with Crippen molar-refractivity contribution in [2.75, 3.05) is 7.11 Å². The molecule has 0 fully saturated rings. The lowest BCUT2D eigenvalue weighted by atomic mass is 10.1. The lowest BCUT2D eigenvalue weighted by Crippen LogP contribution is -2.36. The summed E-state index contributed by atoms with van der Waals surface area (Å²) in [4.78, 5) is 15.9. The summed E-state index contributed by atoms with van der Waals surface area (Å²) < 4.78 is 50.1. The SMILES string of the molecule is COc1ccc(CC(NCc2cccc(C(F)(F)F)c2)OC(=O)Cc2c[nH]c3ccccc23)cc1. The zero-order chi connectivity index (χ0) is 24.8. The Morgan fingerprint density at radius 3 is 2.51 bits per heavy atom. The van der Waals surface area contributed by atoms with Crippen LogP contribution in [-0.4, -0.2) is 24.3 Å². The highest BCUT2D eigenvalue weighted by molar-refractivity contribution is 5.87. The fraction of sp³-hybridized carbons (Fsp3) is 0.222. The molecule has 0 spiro atoms. The molecule has 3 aromatic carbocycles. The number of ether oxygens (including phenoxy) is 2. The summed E-state index contributed by atoms with van der Waals surface area (Å²) in [7, 11) is 1.57. The maximum absolute atomic E-state index is 13.1. The van der Waals surface area contributed by atoms with E-state index in [1.165, 1.54) is 6.07 Å². The van der Waals surface area contributed by atoms with E-state index in [0.717, 1.165) is 34.2 Å². The summed E-state index contributed by atoms with van der Waals surface area (Å²) in [5, 5.41) is 4.03. The third kappa shape index (κ3) is 6.42. The Balaban J connectivity index is 1.47. The molecule has 2 N–H and O–H groups in total. The van der Waals surface area contributed by atoms with Crippen molar-refractivity contribution in [1.29, 1.82) is 0 Å². The topological polar surface area (TPSA) is 63.4 Å². The number of benzene rings is 3. The molecule has 4 rings (SSSR count). The van der Waals surface area contributed by atoms with Gasteiger partial charge in [-0.05, 0) is 41.0 Å². The Kier molecular flexibility index (Phi) is 7.41. The Labute approximate surface area is 200 Å². The van der Waals surface area contributed by atoms with Gasteiger partial charge in [-0.1, -0.05) is 48.5 Å². The number of carbonyl (C=O) groups is 1. The largest absolute Gasteiger partial charge is 0.497 e. The zero-order valence-electron chi connectivity index (χ0n) is 19.1.